The lowest BCUT2D eigenvalue weighted by Crippen LogP contribution is -2.33. The van der Waals surface area contributed by atoms with Crippen molar-refractivity contribution in [3.05, 3.63) is 29.8 Å². The largest absolute Gasteiger partial charge is 0.481 e. The minimum Gasteiger partial charge on any atom is -0.481 e. The number of benzene rings is 1. The van der Waals surface area contributed by atoms with Crippen molar-refractivity contribution in [3.63, 3.8) is 0 Å². The Labute approximate surface area is 112 Å². The highest BCUT2D eigenvalue weighted by atomic mass is 32.2. The van der Waals surface area contributed by atoms with E-state index in [-0.39, 0.29) is 25.3 Å². The number of nitrogens with zero attached hydrogens (tertiary/aromatic N) is 1. The second kappa shape index (κ2) is 6.53. The van der Waals surface area contributed by atoms with Crippen molar-refractivity contribution < 1.29 is 18.3 Å². The summed E-state index contributed by atoms with van der Waals surface area (Å²) < 4.78 is 22.0. The number of carboxylic acid groups (broad SMARTS) is 1. The zero-order valence-corrected chi connectivity index (χ0v) is 11.6. The van der Waals surface area contributed by atoms with Crippen LogP contribution in [0.25, 0.3) is 0 Å². The van der Waals surface area contributed by atoms with Gasteiger partial charge >= 0.3 is 5.97 Å². The summed E-state index contributed by atoms with van der Waals surface area (Å²) >= 11 is 0. The minimum atomic E-state index is -3.56. The SMILES string of the molecule is Cc1ccc(N(CCC(=O)O)CCS(N)(=O)=O)cc1. The fourth-order valence-corrected chi connectivity index (χ4v) is 2.07. The van der Waals surface area contributed by atoms with Gasteiger partial charge in [-0.15, -0.1) is 0 Å². The highest BCUT2D eigenvalue weighted by Gasteiger charge is 2.12. The van der Waals surface area contributed by atoms with Crippen LogP contribution in [0.2, 0.25) is 0 Å². The Balaban J connectivity index is 2.78. The number of sulfonamides is 1. The fourth-order valence-electron chi connectivity index (χ4n) is 1.59. The predicted octanol–water partition coefficient (Wildman–Crippen LogP) is 0.565. The molecule has 0 spiro atoms. The van der Waals surface area contributed by atoms with Crippen molar-refractivity contribution in [2.45, 2.75) is 13.3 Å². The maximum Gasteiger partial charge on any atom is 0.305 e. The second-order valence-corrected chi connectivity index (χ2v) is 6.07. The molecule has 1 rings (SSSR count). The first-order valence-electron chi connectivity index (χ1n) is 5.82. The Bertz CT molecular complexity index is 525. The Morgan fingerprint density at radius 1 is 1.26 bits per heavy atom. The number of carboxylic acids is 1. The predicted molar refractivity (Wildman–Crippen MR) is 73.6 cm³/mol. The monoisotopic (exact) mass is 286 g/mol. The summed E-state index contributed by atoms with van der Waals surface area (Å²) in [6.07, 6.45) is -0.0570. The molecule has 0 fully saturated rings. The Morgan fingerprint density at radius 3 is 2.32 bits per heavy atom. The molecule has 0 aliphatic carbocycles. The summed E-state index contributed by atoms with van der Waals surface area (Å²) in [5.41, 5.74) is 1.86. The van der Waals surface area contributed by atoms with Gasteiger partial charge in [-0.25, -0.2) is 13.6 Å². The van der Waals surface area contributed by atoms with Crippen LogP contribution in [0.3, 0.4) is 0 Å². The standard InChI is InChI=1S/C12H18N2O4S/c1-10-2-4-11(5-3-10)14(7-6-12(15)16)8-9-19(13,17)18/h2-5H,6-9H2,1H3,(H,15,16)(H2,13,17,18). The third kappa shape index (κ3) is 6.21. The number of primary sulfonamides is 1. The molecule has 0 amide bonds. The van der Waals surface area contributed by atoms with Gasteiger partial charge in [0.1, 0.15) is 0 Å². The Hall–Kier alpha value is -1.60. The third-order valence-electron chi connectivity index (χ3n) is 2.64. The molecule has 0 unspecified atom stereocenters. The van der Waals surface area contributed by atoms with Gasteiger partial charge in [0.15, 0.2) is 0 Å². The first kappa shape index (κ1) is 15.5. The maximum absolute atomic E-state index is 11.0. The smallest absolute Gasteiger partial charge is 0.305 e. The molecular formula is C12H18N2O4S. The van der Waals surface area contributed by atoms with Crippen molar-refractivity contribution in [3.8, 4) is 0 Å². The van der Waals surface area contributed by atoms with Crippen LogP contribution in [-0.2, 0) is 14.8 Å². The zero-order valence-electron chi connectivity index (χ0n) is 10.7. The van der Waals surface area contributed by atoms with E-state index in [2.05, 4.69) is 0 Å². The van der Waals surface area contributed by atoms with Gasteiger partial charge in [0, 0.05) is 18.8 Å². The molecule has 7 heteroatoms. The van der Waals surface area contributed by atoms with E-state index in [1.807, 2.05) is 31.2 Å². The van der Waals surface area contributed by atoms with Crippen LogP contribution in [-0.4, -0.2) is 38.3 Å². The van der Waals surface area contributed by atoms with E-state index in [1.54, 1.807) is 4.90 Å². The molecular weight excluding hydrogens is 268 g/mol. The summed E-state index contributed by atoms with van der Waals surface area (Å²) in [7, 11) is -3.56. The fraction of sp³-hybridized carbons (Fsp3) is 0.417. The average molecular weight is 286 g/mol. The van der Waals surface area contributed by atoms with Crippen LogP contribution in [0.5, 0.6) is 0 Å². The first-order valence-corrected chi connectivity index (χ1v) is 7.53. The van der Waals surface area contributed by atoms with Crippen LogP contribution in [0.4, 0.5) is 5.69 Å². The molecule has 106 valence electrons. The van der Waals surface area contributed by atoms with Gasteiger partial charge in [-0.05, 0) is 19.1 Å². The molecule has 1 aromatic carbocycles. The molecule has 0 saturated carbocycles. The molecule has 0 atom stereocenters. The van der Waals surface area contributed by atoms with Gasteiger partial charge in [-0.1, -0.05) is 17.7 Å². The summed E-state index contributed by atoms with van der Waals surface area (Å²) in [5, 5.41) is 13.7. The minimum absolute atomic E-state index is 0.0570. The van der Waals surface area contributed by atoms with E-state index in [4.69, 9.17) is 10.2 Å². The number of hydrogen-bond acceptors (Lipinski definition) is 4. The lowest BCUT2D eigenvalue weighted by Gasteiger charge is -2.23. The Morgan fingerprint density at radius 2 is 1.84 bits per heavy atom. The van der Waals surface area contributed by atoms with Crippen LogP contribution >= 0.6 is 0 Å². The van der Waals surface area contributed by atoms with Crippen molar-refractivity contribution in [1.29, 1.82) is 0 Å². The van der Waals surface area contributed by atoms with Gasteiger partial charge in [-0.2, -0.15) is 0 Å². The molecule has 0 heterocycles. The molecule has 0 aliphatic rings. The molecule has 0 bridgehead atoms. The van der Waals surface area contributed by atoms with Crippen LogP contribution in [0.15, 0.2) is 24.3 Å². The molecule has 0 saturated heterocycles. The third-order valence-corrected chi connectivity index (χ3v) is 3.39. The van der Waals surface area contributed by atoms with E-state index in [0.29, 0.717) is 0 Å². The van der Waals surface area contributed by atoms with Gasteiger partial charge < -0.3 is 10.0 Å². The van der Waals surface area contributed by atoms with E-state index < -0.39 is 16.0 Å². The molecule has 0 aromatic heterocycles. The number of aryl methyl sites for hydroxylation is 1. The van der Waals surface area contributed by atoms with Gasteiger partial charge in [0.2, 0.25) is 10.0 Å². The lowest BCUT2D eigenvalue weighted by atomic mass is 10.2. The highest BCUT2D eigenvalue weighted by Crippen LogP contribution is 2.15. The average Bonchev–Trinajstić information content (AvgIpc) is 2.29. The summed E-state index contributed by atoms with van der Waals surface area (Å²) in [6, 6.07) is 7.45. The first-order chi connectivity index (χ1) is 8.78. The summed E-state index contributed by atoms with van der Waals surface area (Å²) in [4.78, 5) is 12.3. The molecule has 19 heavy (non-hydrogen) atoms. The molecule has 1 aromatic rings. The van der Waals surface area contributed by atoms with Gasteiger partial charge in [0.25, 0.3) is 0 Å². The molecule has 0 radical (unpaired) electrons. The van der Waals surface area contributed by atoms with E-state index in [1.165, 1.54) is 0 Å². The lowest BCUT2D eigenvalue weighted by molar-refractivity contribution is -0.136. The zero-order chi connectivity index (χ0) is 14.5. The normalized spacial score (nSPS) is 11.3. The van der Waals surface area contributed by atoms with Crippen LogP contribution in [0.1, 0.15) is 12.0 Å². The van der Waals surface area contributed by atoms with Gasteiger partial charge in [0.05, 0.1) is 12.2 Å². The molecule has 3 N–H and O–H groups in total. The number of aliphatic carboxylic acids is 1. The van der Waals surface area contributed by atoms with Crippen molar-refractivity contribution >= 4 is 21.7 Å². The number of rotatable bonds is 7. The van der Waals surface area contributed by atoms with Gasteiger partial charge in [-0.3, -0.25) is 4.79 Å². The summed E-state index contributed by atoms with van der Waals surface area (Å²) in [6.45, 7) is 2.36. The van der Waals surface area contributed by atoms with E-state index >= 15 is 0 Å². The van der Waals surface area contributed by atoms with Crippen molar-refractivity contribution in [2.24, 2.45) is 5.14 Å². The topological polar surface area (TPSA) is 101 Å². The highest BCUT2D eigenvalue weighted by molar-refractivity contribution is 7.89. The molecule has 0 aliphatic heterocycles. The van der Waals surface area contributed by atoms with E-state index in [0.717, 1.165) is 11.3 Å². The Kier molecular flexibility index (Phi) is 5.31. The quantitative estimate of drug-likeness (QED) is 0.763. The number of anilines is 1. The van der Waals surface area contributed by atoms with Crippen molar-refractivity contribution in [1.82, 2.24) is 0 Å². The number of hydrogen-bond donors (Lipinski definition) is 2. The number of carbonyl (C=O) groups is 1. The maximum atomic E-state index is 11.0. The number of nitrogens with two attached hydrogens (primary N) is 1. The van der Waals surface area contributed by atoms with Crippen LogP contribution in [0, 0.1) is 6.92 Å². The molecule has 6 nitrogen and oxygen atoms in total. The summed E-state index contributed by atoms with van der Waals surface area (Å²) in [5.74, 6) is -1.13. The second-order valence-electron chi connectivity index (χ2n) is 4.33. The van der Waals surface area contributed by atoms with Crippen molar-refractivity contribution in [2.75, 3.05) is 23.7 Å². The van der Waals surface area contributed by atoms with Crippen LogP contribution < -0.4 is 10.0 Å². The van der Waals surface area contributed by atoms with E-state index in [9.17, 15) is 13.2 Å².